The topological polar surface area (TPSA) is 108 Å². The molecule has 0 atom stereocenters. The lowest BCUT2D eigenvalue weighted by atomic mass is 10.2. The minimum absolute atomic E-state index is 0.105. The van der Waals surface area contributed by atoms with Gasteiger partial charge in [0.2, 0.25) is 5.96 Å². The molecule has 2 rings (SSSR count). The maximum absolute atomic E-state index is 8.39. The van der Waals surface area contributed by atoms with Gasteiger partial charge in [-0.3, -0.25) is 15.3 Å². The van der Waals surface area contributed by atoms with Crippen LogP contribution in [0.3, 0.4) is 0 Å². The fourth-order valence-corrected chi connectivity index (χ4v) is 1.88. The van der Waals surface area contributed by atoms with E-state index in [-0.39, 0.29) is 5.96 Å². The van der Waals surface area contributed by atoms with Gasteiger partial charge in [-0.05, 0) is 12.1 Å². The monoisotopic (exact) mass is 284 g/mol. The number of fused-ring (bicyclic) bond motifs is 1. The Bertz CT molecular complexity index is 691. The van der Waals surface area contributed by atoms with Crippen LogP contribution >= 0.6 is 0 Å². The van der Waals surface area contributed by atoms with Crippen molar-refractivity contribution in [2.24, 2.45) is 10.7 Å². The summed E-state index contributed by atoms with van der Waals surface area (Å²) in [6.45, 7) is 0.999. The number of nitrogens with two attached hydrogens (primary N) is 1. The van der Waals surface area contributed by atoms with Gasteiger partial charge in [0.15, 0.2) is 6.19 Å². The lowest BCUT2D eigenvalue weighted by Crippen LogP contribution is -2.28. The Kier molecular flexibility index (Phi) is 4.77. The standard InChI is InChI=1S/C14H16N6O/c1-21-11-7-10-3-2-4-18-13(10)12(8-11)17-5-6-19-14(16)20-9-15/h2-4,7-8,17H,5-6H2,1H3,(H3,16,19,20). The predicted molar refractivity (Wildman–Crippen MR) is 82.0 cm³/mol. The normalized spacial score (nSPS) is 11.0. The quantitative estimate of drug-likeness (QED) is 0.249. The average molecular weight is 284 g/mol. The molecule has 2 aromatic rings. The zero-order chi connectivity index (χ0) is 15.1. The summed E-state index contributed by atoms with van der Waals surface area (Å²) >= 11 is 0. The van der Waals surface area contributed by atoms with Crippen molar-refractivity contribution >= 4 is 22.5 Å². The zero-order valence-electron chi connectivity index (χ0n) is 11.6. The Labute approximate surface area is 122 Å². The van der Waals surface area contributed by atoms with Crippen LogP contribution < -0.4 is 21.1 Å². The second-order valence-electron chi connectivity index (χ2n) is 4.18. The van der Waals surface area contributed by atoms with E-state index < -0.39 is 0 Å². The second-order valence-corrected chi connectivity index (χ2v) is 4.18. The molecule has 4 N–H and O–H groups in total. The first-order chi connectivity index (χ1) is 10.2. The molecule has 0 aliphatic rings. The first kappa shape index (κ1) is 14.4. The summed E-state index contributed by atoms with van der Waals surface area (Å²) in [6, 6.07) is 7.67. The van der Waals surface area contributed by atoms with E-state index in [0.29, 0.717) is 13.1 Å². The number of hydrogen-bond donors (Lipinski definition) is 3. The molecule has 7 nitrogen and oxygen atoms in total. The van der Waals surface area contributed by atoms with Crippen molar-refractivity contribution < 1.29 is 4.74 Å². The van der Waals surface area contributed by atoms with Crippen LogP contribution in [0.1, 0.15) is 0 Å². The third-order valence-corrected chi connectivity index (χ3v) is 2.81. The van der Waals surface area contributed by atoms with Crippen LogP contribution in [0, 0.1) is 11.5 Å². The van der Waals surface area contributed by atoms with E-state index >= 15 is 0 Å². The molecule has 1 heterocycles. The number of rotatable bonds is 5. The number of hydrogen-bond acceptors (Lipinski definition) is 5. The summed E-state index contributed by atoms with van der Waals surface area (Å²) in [7, 11) is 1.62. The number of nitrogens with one attached hydrogen (secondary N) is 2. The van der Waals surface area contributed by atoms with Gasteiger partial charge in [0.05, 0.1) is 24.9 Å². The molecule has 7 heteroatoms. The fraction of sp³-hybridized carbons (Fsp3) is 0.214. The van der Waals surface area contributed by atoms with Gasteiger partial charge in [0.1, 0.15) is 5.75 Å². The molecular weight excluding hydrogens is 268 g/mol. The molecule has 1 aromatic carbocycles. The number of anilines is 1. The van der Waals surface area contributed by atoms with Crippen LogP contribution in [0.4, 0.5) is 5.69 Å². The number of nitriles is 1. The molecular formula is C14H16N6O. The Morgan fingerprint density at radius 2 is 2.38 bits per heavy atom. The van der Waals surface area contributed by atoms with Crippen LogP contribution in [0.25, 0.3) is 10.9 Å². The third-order valence-electron chi connectivity index (χ3n) is 2.81. The number of ether oxygens (including phenoxy) is 1. The van der Waals surface area contributed by atoms with Gasteiger partial charge in [0.25, 0.3) is 0 Å². The van der Waals surface area contributed by atoms with Crippen LogP contribution in [0.5, 0.6) is 5.75 Å². The van der Waals surface area contributed by atoms with Gasteiger partial charge in [0, 0.05) is 24.2 Å². The van der Waals surface area contributed by atoms with Gasteiger partial charge in [-0.15, -0.1) is 0 Å². The summed E-state index contributed by atoms with van der Waals surface area (Å²) < 4.78 is 5.28. The number of methoxy groups -OCH3 is 1. The third kappa shape index (κ3) is 3.73. The van der Waals surface area contributed by atoms with E-state index in [1.807, 2.05) is 24.3 Å². The Morgan fingerprint density at radius 3 is 3.14 bits per heavy atom. The highest BCUT2D eigenvalue weighted by molar-refractivity contribution is 5.91. The maximum atomic E-state index is 8.39. The first-order valence-corrected chi connectivity index (χ1v) is 6.36. The summed E-state index contributed by atoms with van der Waals surface area (Å²) in [5, 5.41) is 14.9. The van der Waals surface area contributed by atoms with Crippen LogP contribution in [0.2, 0.25) is 0 Å². The highest BCUT2D eigenvalue weighted by atomic mass is 16.5. The molecule has 0 saturated heterocycles. The smallest absolute Gasteiger partial charge is 0.202 e. The predicted octanol–water partition coefficient (Wildman–Crippen LogP) is 1.04. The van der Waals surface area contributed by atoms with Crippen molar-refractivity contribution in [2.75, 3.05) is 25.5 Å². The molecule has 108 valence electrons. The van der Waals surface area contributed by atoms with E-state index in [1.54, 1.807) is 19.5 Å². The summed E-state index contributed by atoms with van der Waals surface area (Å²) in [6.07, 6.45) is 3.46. The Balaban J connectivity index is 2.11. The van der Waals surface area contributed by atoms with Crippen LogP contribution in [-0.4, -0.2) is 31.1 Å². The molecule has 0 bridgehead atoms. The maximum Gasteiger partial charge on any atom is 0.202 e. The van der Waals surface area contributed by atoms with Crippen LogP contribution in [-0.2, 0) is 0 Å². The first-order valence-electron chi connectivity index (χ1n) is 6.36. The highest BCUT2D eigenvalue weighted by Crippen LogP contribution is 2.27. The van der Waals surface area contributed by atoms with Gasteiger partial charge >= 0.3 is 0 Å². The number of aromatic nitrogens is 1. The largest absolute Gasteiger partial charge is 0.497 e. The number of nitrogens with zero attached hydrogens (tertiary/aromatic N) is 3. The van der Waals surface area contributed by atoms with Crippen molar-refractivity contribution in [3.63, 3.8) is 0 Å². The van der Waals surface area contributed by atoms with E-state index in [1.165, 1.54) is 0 Å². The van der Waals surface area contributed by atoms with Gasteiger partial charge < -0.3 is 15.8 Å². The minimum Gasteiger partial charge on any atom is -0.497 e. The second kappa shape index (κ2) is 6.96. The zero-order valence-corrected chi connectivity index (χ0v) is 11.6. The van der Waals surface area contributed by atoms with Crippen LogP contribution in [0.15, 0.2) is 35.5 Å². The molecule has 0 saturated carbocycles. The van der Waals surface area contributed by atoms with Crippen molar-refractivity contribution in [1.82, 2.24) is 10.3 Å². The van der Waals surface area contributed by atoms with Crippen molar-refractivity contribution in [3.8, 4) is 11.9 Å². The molecule has 0 unspecified atom stereocenters. The molecule has 0 radical (unpaired) electrons. The SMILES string of the molecule is COc1cc(NCCN=C(N)NC#N)c2ncccc2c1. The molecule has 0 aliphatic heterocycles. The number of pyridine rings is 1. The molecule has 0 spiro atoms. The Morgan fingerprint density at radius 1 is 1.52 bits per heavy atom. The lowest BCUT2D eigenvalue weighted by Gasteiger charge is -2.10. The summed E-state index contributed by atoms with van der Waals surface area (Å²) in [4.78, 5) is 8.36. The average Bonchev–Trinajstić information content (AvgIpc) is 2.51. The van der Waals surface area contributed by atoms with Crippen molar-refractivity contribution in [3.05, 3.63) is 30.5 Å². The summed E-state index contributed by atoms with van der Waals surface area (Å²) in [5.74, 6) is 0.861. The molecule has 0 aliphatic carbocycles. The minimum atomic E-state index is 0.105. The van der Waals surface area contributed by atoms with E-state index in [2.05, 4.69) is 20.6 Å². The molecule has 0 fully saturated rings. The molecule has 21 heavy (non-hydrogen) atoms. The molecule has 1 aromatic heterocycles. The number of aliphatic imine (C=N–C) groups is 1. The van der Waals surface area contributed by atoms with Crippen molar-refractivity contribution in [1.29, 1.82) is 5.26 Å². The van der Waals surface area contributed by atoms with Gasteiger partial charge in [-0.2, -0.15) is 5.26 Å². The number of benzene rings is 1. The number of guanidine groups is 1. The van der Waals surface area contributed by atoms with E-state index in [0.717, 1.165) is 22.3 Å². The highest BCUT2D eigenvalue weighted by Gasteiger charge is 2.05. The van der Waals surface area contributed by atoms with Gasteiger partial charge in [-0.1, -0.05) is 6.07 Å². The van der Waals surface area contributed by atoms with Gasteiger partial charge in [-0.25, -0.2) is 0 Å². The Hall–Kier alpha value is -3.01. The lowest BCUT2D eigenvalue weighted by molar-refractivity contribution is 0.415. The van der Waals surface area contributed by atoms with Crippen molar-refractivity contribution in [2.45, 2.75) is 0 Å². The fourth-order valence-electron chi connectivity index (χ4n) is 1.88. The molecule has 0 amide bonds. The van der Waals surface area contributed by atoms with E-state index in [9.17, 15) is 0 Å². The summed E-state index contributed by atoms with van der Waals surface area (Å²) in [5.41, 5.74) is 7.19. The van der Waals surface area contributed by atoms with E-state index in [4.69, 9.17) is 15.7 Å².